The van der Waals surface area contributed by atoms with Crippen LogP contribution < -0.4 is 10.6 Å². The monoisotopic (exact) mass is 499 g/mol. The average Bonchev–Trinajstić information content (AvgIpc) is 3.17. The van der Waals surface area contributed by atoms with Crippen molar-refractivity contribution in [2.24, 2.45) is 5.41 Å². The number of para-hydroxylation sites is 1. The first-order valence-electron chi connectivity index (χ1n) is 11.0. The number of halogens is 2. The maximum Gasteiger partial charge on any atom is 0.273 e. The molecule has 1 atom stereocenters. The summed E-state index contributed by atoms with van der Waals surface area (Å²) in [5.74, 6) is -1.49. The highest BCUT2D eigenvalue weighted by atomic mass is 32.2. The van der Waals surface area contributed by atoms with Crippen LogP contribution in [0.25, 0.3) is 10.9 Å². The van der Waals surface area contributed by atoms with Gasteiger partial charge in [0.2, 0.25) is 5.91 Å². The Labute approximate surface area is 206 Å². The van der Waals surface area contributed by atoms with E-state index in [9.17, 15) is 18.4 Å². The molecule has 35 heavy (non-hydrogen) atoms. The first-order chi connectivity index (χ1) is 16.6. The van der Waals surface area contributed by atoms with Crippen LogP contribution in [0.2, 0.25) is 0 Å². The standard InChI is InChI=1S/C25H27F2N5O2S/c1-25(2,3)22(24(34)29-10-11-35-4)30-23(33)20-17-6-5-7-18(26)21(17)32(31-20)14-16-9-8-15(13-28)12-19(16)27/h5-9,12,22H,10-11,14H2,1-4H3,(H,29,34)(H,30,33). The third kappa shape index (κ3) is 5.98. The van der Waals surface area contributed by atoms with Crippen molar-refractivity contribution in [1.82, 2.24) is 20.4 Å². The molecule has 0 aliphatic rings. The van der Waals surface area contributed by atoms with Crippen molar-refractivity contribution in [2.45, 2.75) is 33.4 Å². The number of nitrogens with zero attached hydrogens (tertiary/aromatic N) is 3. The van der Waals surface area contributed by atoms with E-state index in [4.69, 9.17) is 5.26 Å². The summed E-state index contributed by atoms with van der Waals surface area (Å²) in [7, 11) is 0. The molecule has 0 saturated heterocycles. The Bertz CT molecular complexity index is 1290. The molecule has 0 spiro atoms. The minimum atomic E-state index is -0.860. The van der Waals surface area contributed by atoms with E-state index in [0.29, 0.717) is 6.54 Å². The number of carbonyl (C=O) groups excluding carboxylic acids is 2. The predicted molar refractivity (Wildman–Crippen MR) is 132 cm³/mol. The van der Waals surface area contributed by atoms with E-state index in [1.807, 2.05) is 33.1 Å². The van der Waals surface area contributed by atoms with Crippen molar-refractivity contribution in [3.63, 3.8) is 0 Å². The summed E-state index contributed by atoms with van der Waals surface area (Å²) in [6.45, 7) is 5.80. The summed E-state index contributed by atoms with van der Waals surface area (Å²) < 4.78 is 30.5. The number of carbonyl (C=O) groups is 2. The molecule has 3 rings (SSSR count). The van der Waals surface area contributed by atoms with E-state index in [0.717, 1.165) is 11.8 Å². The Morgan fingerprint density at radius 2 is 1.94 bits per heavy atom. The lowest BCUT2D eigenvalue weighted by Crippen LogP contribution is -2.54. The van der Waals surface area contributed by atoms with Gasteiger partial charge in [-0.3, -0.25) is 14.3 Å². The molecule has 1 aromatic heterocycles. The number of fused-ring (bicyclic) bond motifs is 1. The smallest absolute Gasteiger partial charge is 0.273 e. The van der Waals surface area contributed by atoms with Crippen molar-refractivity contribution < 1.29 is 18.4 Å². The molecule has 10 heteroatoms. The van der Waals surface area contributed by atoms with Crippen molar-refractivity contribution in [1.29, 1.82) is 5.26 Å². The maximum atomic E-state index is 14.8. The largest absolute Gasteiger partial charge is 0.353 e. The molecular weight excluding hydrogens is 472 g/mol. The van der Waals surface area contributed by atoms with Crippen molar-refractivity contribution in [3.8, 4) is 6.07 Å². The number of nitriles is 1. The zero-order valence-electron chi connectivity index (χ0n) is 20.0. The van der Waals surface area contributed by atoms with E-state index >= 15 is 0 Å². The highest BCUT2D eigenvalue weighted by molar-refractivity contribution is 7.98. The Hall–Kier alpha value is -3.45. The van der Waals surface area contributed by atoms with Crippen LogP contribution in [0.4, 0.5) is 8.78 Å². The number of hydrogen-bond acceptors (Lipinski definition) is 5. The van der Waals surface area contributed by atoms with E-state index in [1.165, 1.54) is 28.9 Å². The van der Waals surface area contributed by atoms with Crippen molar-refractivity contribution in [3.05, 3.63) is 64.9 Å². The number of rotatable bonds is 8. The van der Waals surface area contributed by atoms with Gasteiger partial charge in [-0.05, 0) is 29.9 Å². The first-order valence-corrected chi connectivity index (χ1v) is 12.4. The number of hydrogen-bond donors (Lipinski definition) is 2. The summed E-state index contributed by atoms with van der Waals surface area (Å²) in [5.41, 5.74) is -0.289. The summed E-state index contributed by atoms with van der Waals surface area (Å²) in [6, 6.07) is 9.22. The van der Waals surface area contributed by atoms with Crippen LogP contribution in [-0.2, 0) is 11.3 Å². The molecular formula is C25H27F2N5O2S. The van der Waals surface area contributed by atoms with Crippen LogP contribution in [0.15, 0.2) is 36.4 Å². The van der Waals surface area contributed by atoms with Gasteiger partial charge in [0, 0.05) is 23.2 Å². The van der Waals surface area contributed by atoms with Gasteiger partial charge in [-0.2, -0.15) is 22.1 Å². The zero-order valence-corrected chi connectivity index (χ0v) is 20.8. The second-order valence-electron chi connectivity index (χ2n) is 9.12. The van der Waals surface area contributed by atoms with Crippen molar-refractivity contribution >= 4 is 34.5 Å². The molecule has 2 amide bonds. The quantitative estimate of drug-likeness (QED) is 0.459. The molecule has 0 bridgehead atoms. The minimum Gasteiger partial charge on any atom is -0.353 e. The van der Waals surface area contributed by atoms with Crippen LogP contribution in [0.5, 0.6) is 0 Å². The van der Waals surface area contributed by atoms with Gasteiger partial charge < -0.3 is 10.6 Å². The second-order valence-corrected chi connectivity index (χ2v) is 10.1. The molecule has 0 fully saturated rings. The summed E-state index contributed by atoms with van der Waals surface area (Å²) in [4.78, 5) is 26.1. The Balaban J connectivity index is 1.96. The molecule has 7 nitrogen and oxygen atoms in total. The van der Waals surface area contributed by atoms with E-state index in [-0.39, 0.29) is 40.2 Å². The molecule has 3 aromatic rings. The number of aromatic nitrogens is 2. The first kappa shape index (κ1) is 26.2. The lowest BCUT2D eigenvalue weighted by Gasteiger charge is -2.30. The van der Waals surface area contributed by atoms with Crippen LogP contribution >= 0.6 is 11.8 Å². The predicted octanol–water partition coefficient (Wildman–Crippen LogP) is 3.86. The minimum absolute atomic E-state index is 0.0399. The second kappa shape index (κ2) is 10.9. The molecule has 2 N–H and O–H groups in total. The molecule has 0 radical (unpaired) electrons. The fourth-order valence-electron chi connectivity index (χ4n) is 3.64. The molecule has 1 heterocycles. The number of benzene rings is 2. The topological polar surface area (TPSA) is 99.8 Å². The number of thioether (sulfide) groups is 1. The molecule has 2 aromatic carbocycles. The van der Waals surface area contributed by atoms with E-state index < -0.39 is 29.0 Å². The van der Waals surface area contributed by atoms with E-state index in [2.05, 4.69) is 15.7 Å². The van der Waals surface area contributed by atoms with E-state index in [1.54, 1.807) is 17.8 Å². The van der Waals surface area contributed by atoms with Gasteiger partial charge in [-0.1, -0.05) is 39.0 Å². The van der Waals surface area contributed by atoms with Gasteiger partial charge in [-0.15, -0.1) is 0 Å². The van der Waals surface area contributed by atoms with Crippen LogP contribution in [0, 0.1) is 28.4 Å². The Morgan fingerprint density at radius 3 is 2.57 bits per heavy atom. The van der Waals surface area contributed by atoms with Gasteiger partial charge in [-0.25, -0.2) is 8.78 Å². The number of nitrogens with one attached hydrogen (secondary N) is 2. The SMILES string of the molecule is CSCCNC(=O)C(NC(=O)c1nn(Cc2ccc(C#N)cc2F)c2c(F)cccc12)C(C)(C)C. The number of amides is 2. The summed E-state index contributed by atoms with van der Waals surface area (Å²) in [5, 5.41) is 19.1. The third-order valence-corrected chi connectivity index (χ3v) is 6.06. The van der Waals surface area contributed by atoms with Crippen LogP contribution in [0.3, 0.4) is 0 Å². The average molecular weight is 500 g/mol. The van der Waals surface area contributed by atoms with Gasteiger partial charge in [0.05, 0.1) is 18.2 Å². The highest BCUT2D eigenvalue weighted by Gasteiger charge is 2.34. The molecule has 0 aliphatic heterocycles. The van der Waals surface area contributed by atoms with Gasteiger partial charge in [0.25, 0.3) is 5.91 Å². The van der Waals surface area contributed by atoms with Crippen molar-refractivity contribution in [2.75, 3.05) is 18.6 Å². The fourth-order valence-corrected chi connectivity index (χ4v) is 3.94. The summed E-state index contributed by atoms with van der Waals surface area (Å²) >= 11 is 1.59. The van der Waals surface area contributed by atoms with Crippen LogP contribution in [0.1, 0.15) is 42.4 Å². The highest BCUT2D eigenvalue weighted by Crippen LogP contribution is 2.25. The Morgan fingerprint density at radius 1 is 1.20 bits per heavy atom. The van der Waals surface area contributed by atoms with Gasteiger partial charge >= 0.3 is 0 Å². The molecule has 1 unspecified atom stereocenters. The lowest BCUT2D eigenvalue weighted by atomic mass is 9.86. The summed E-state index contributed by atoms with van der Waals surface area (Å²) in [6.07, 6.45) is 1.93. The molecule has 184 valence electrons. The van der Waals surface area contributed by atoms with Gasteiger partial charge in [0.1, 0.15) is 23.2 Å². The molecule has 0 aliphatic carbocycles. The third-order valence-electron chi connectivity index (χ3n) is 5.45. The zero-order chi connectivity index (χ0) is 25.8. The lowest BCUT2D eigenvalue weighted by molar-refractivity contribution is -0.125. The van der Waals surface area contributed by atoms with Crippen LogP contribution in [-0.4, -0.2) is 46.2 Å². The fraction of sp³-hybridized carbons (Fsp3) is 0.360. The Kier molecular flexibility index (Phi) is 8.12. The normalized spacial score (nSPS) is 12.3. The maximum absolute atomic E-state index is 14.8. The molecule has 0 saturated carbocycles. The van der Waals surface area contributed by atoms with Gasteiger partial charge in [0.15, 0.2) is 5.69 Å².